The van der Waals surface area contributed by atoms with Crippen LogP contribution in [-0.2, 0) is 4.79 Å². The standard InChI is InChI=1S/C11H10ClN3O/c1-2-11(16)10(7-13)15-14-9-5-3-8(12)4-6-9/h3-6,14H,2H2,1H3/b15-10+. The number of hydrazone groups is 1. The number of nitrogens with one attached hydrogen (secondary N) is 1. The third kappa shape index (κ3) is 3.37. The van der Waals surface area contributed by atoms with Crippen LogP contribution in [0.2, 0.25) is 5.02 Å². The molecule has 0 aromatic heterocycles. The fourth-order valence-electron chi connectivity index (χ4n) is 0.962. The van der Waals surface area contributed by atoms with Crippen LogP contribution < -0.4 is 5.43 Å². The van der Waals surface area contributed by atoms with E-state index in [1.54, 1.807) is 37.3 Å². The van der Waals surface area contributed by atoms with E-state index in [-0.39, 0.29) is 17.9 Å². The summed E-state index contributed by atoms with van der Waals surface area (Å²) < 4.78 is 0. The van der Waals surface area contributed by atoms with E-state index in [0.717, 1.165) is 0 Å². The fourth-order valence-corrected chi connectivity index (χ4v) is 1.09. The van der Waals surface area contributed by atoms with E-state index in [1.807, 2.05) is 0 Å². The number of rotatable bonds is 4. The van der Waals surface area contributed by atoms with Gasteiger partial charge in [-0.15, -0.1) is 0 Å². The van der Waals surface area contributed by atoms with Crippen LogP contribution in [0.3, 0.4) is 0 Å². The zero-order valence-corrected chi connectivity index (χ0v) is 9.45. The summed E-state index contributed by atoms with van der Waals surface area (Å²) in [6, 6.07) is 8.53. The maximum absolute atomic E-state index is 11.2. The van der Waals surface area contributed by atoms with Gasteiger partial charge >= 0.3 is 0 Å². The summed E-state index contributed by atoms with van der Waals surface area (Å²) >= 11 is 5.70. The van der Waals surface area contributed by atoms with Crippen molar-refractivity contribution in [1.82, 2.24) is 0 Å². The first-order valence-corrected chi connectivity index (χ1v) is 5.07. The number of benzene rings is 1. The number of halogens is 1. The van der Waals surface area contributed by atoms with Gasteiger partial charge < -0.3 is 0 Å². The van der Waals surface area contributed by atoms with Crippen molar-refractivity contribution in [2.24, 2.45) is 5.10 Å². The van der Waals surface area contributed by atoms with Crippen LogP contribution in [0.4, 0.5) is 5.69 Å². The third-order valence-corrected chi connectivity index (χ3v) is 2.08. The average molecular weight is 236 g/mol. The fraction of sp³-hybridized carbons (Fsp3) is 0.182. The van der Waals surface area contributed by atoms with Gasteiger partial charge in [-0.2, -0.15) is 10.4 Å². The molecule has 0 heterocycles. The SMILES string of the molecule is CCC(=O)/C(C#N)=N/Nc1ccc(Cl)cc1. The second kappa shape index (κ2) is 5.89. The van der Waals surface area contributed by atoms with E-state index in [0.29, 0.717) is 10.7 Å². The van der Waals surface area contributed by atoms with Crippen LogP contribution in [0.1, 0.15) is 13.3 Å². The first-order chi connectivity index (χ1) is 7.67. The van der Waals surface area contributed by atoms with Gasteiger partial charge in [-0.05, 0) is 24.3 Å². The molecule has 16 heavy (non-hydrogen) atoms. The molecule has 0 fully saturated rings. The highest BCUT2D eigenvalue weighted by molar-refractivity contribution is 6.46. The Labute approximate surface area is 98.5 Å². The Kier molecular flexibility index (Phi) is 4.49. The molecule has 0 atom stereocenters. The zero-order chi connectivity index (χ0) is 12.0. The molecular formula is C11H10ClN3O. The summed E-state index contributed by atoms with van der Waals surface area (Å²) in [4.78, 5) is 11.2. The third-order valence-electron chi connectivity index (χ3n) is 1.83. The van der Waals surface area contributed by atoms with Crippen LogP contribution >= 0.6 is 11.6 Å². The minimum Gasteiger partial charge on any atom is -0.292 e. The number of Topliss-reactive ketones (excluding diaryl/α,β-unsaturated/α-hetero) is 1. The van der Waals surface area contributed by atoms with Crippen molar-refractivity contribution < 1.29 is 4.79 Å². The van der Waals surface area contributed by atoms with Crippen molar-refractivity contribution in [3.63, 3.8) is 0 Å². The lowest BCUT2D eigenvalue weighted by Crippen LogP contribution is -2.12. The molecule has 0 aliphatic rings. The molecular weight excluding hydrogens is 226 g/mol. The highest BCUT2D eigenvalue weighted by atomic mass is 35.5. The van der Waals surface area contributed by atoms with Gasteiger partial charge in [0.2, 0.25) is 5.71 Å². The van der Waals surface area contributed by atoms with Crippen molar-refractivity contribution in [2.75, 3.05) is 5.43 Å². The molecule has 0 spiro atoms. The van der Waals surface area contributed by atoms with Crippen LogP contribution in [0.5, 0.6) is 0 Å². The second-order valence-electron chi connectivity index (χ2n) is 2.97. The summed E-state index contributed by atoms with van der Waals surface area (Å²) in [5.74, 6) is -0.288. The quantitative estimate of drug-likeness (QED) is 0.644. The number of anilines is 1. The molecule has 0 unspecified atom stereocenters. The first kappa shape index (κ1) is 12.2. The van der Waals surface area contributed by atoms with Crippen molar-refractivity contribution in [3.8, 4) is 6.07 Å². The Hall–Kier alpha value is -1.86. The summed E-state index contributed by atoms with van der Waals surface area (Å²) in [5, 5.41) is 13.0. The molecule has 1 aromatic rings. The number of carbonyl (C=O) groups excluding carboxylic acids is 1. The van der Waals surface area contributed by atoms with Gasteiger partial charge in [0.05, 0.1) is 5.69 Å². The van der Waals surface area contributed by atoms with Gasteiger partial charge in [0.15, 0.2) is 5.78 Å². The first-order valence-electron chi connectivity index (χ1n) is 4.70. The van der Waals surface area contributed by atoms with Gasteiger partial charge in [0.1, 0.15) is 6.07 Å². The molecule has 0 radical (unpaired) electrons. The van der Waals surface area contributed by atoms with E-state index in [1.165, 1.54) is 0 Å². The minimum absolute atomic E-state index is 0.127. The van der Waals surface area contributed by atoms with E-state index in [9.17, 15) is 4.79 Å². The largest absolute Gasteiger partial charge is 0.292 e. The molecule has 1 rings (SSSR count). The molecule has 0 saturated heterocycles. The van der Waals surface area contributed by atoms with Gasteiger partial charge in [0, 0.05) is 11.4 Å². The molecule has 0 aliphatic carbocycles. The van der Waals surface area contributed by atoms with E-state index in [2.05, 4.69) is 10.5 Å². The number of nitrogens with zero attached hydrogens (tertiary/aromatic N) is 2. The maximum Gasteiger partial charge on any atom is 0.203 e. The van der Waals surface area contributed by atoms with Crippen LogP contribution in [0, 0.1) is 11.3 Å². The minimum atomic E-state index is -0.288. The number of nitriles is 1. The summed E-state index contributed by atoms with van der Waals surface area (Å²) in [7, 11) is 0. The summed E-state index contributed by atoms with van der Waals surface area (Å²) in [6.07, 6.45) is 0.259. The predicted octanol–water partition coefficient (Wildman–Crippen LogP) is 2.61. The number of ketones is 1. The van der Waals surface area contributed by atoms with E-state index < -0.39 is 0 Å². The summed E-state index contributed by atoms with van der Waals surface area (Å²) in [6.45, 7) is 1.68. The Morgan fingerprint density at radius 1 is 1.50 bits per heavy atom. The Bertz CT molecular complexity index is 445. The zero-order valence-electron chi connectivity index (χ0n) is 8.70. The summed E-state index contributed by atoms with van der Waals surface area (Å²) in [5.41, 5.74) is 3.16. The van der Waals surface area contributed by atoms with Gasteiger partial charge in [-0.25, -0.2) is 0 Å². The number of hydrogen-bond donors (Lipinski definition) is 1. The molecule has 1 aromatic carbocycles. The highest BCUT2D eigenvalue weighted by Crippen LogP contribution is 2.13. The maximum atomic E-state index is 11.2. The Morgan fingerprint density at radius 3 is 2.62 bits per heavy atom. The van der Waals surface area contributed by atoms with Gasteiger partial charge in [0.25, 0.3) is 0 Å². The monoisotopic (exact) mass is 235 g/mol. The molecule has 0 aliphatic heterocycles. The van der Waals surface area contributed by atoms with Crippen LogP contribution in [-0.4, -0.2) is 11.5 Å². The Balaban J connectivity index is 2.75. The van der Waals surface area contributed by atoms with Crippen molar-refractivity contribution >= 4 is 28.8 Å². The van der Waals surface area contributed by atoms with E-state index >= 15 is 0 Å². The smallest absolute Gasteiger partial charge is 0.203 e. The van der Waals surface area contributed by atoms with Gasteiger partial charge in [-0.3, -0.25) is 10.2 Å². The normalized spacial score (nSPS) is 10.7. The molecule has 1 N–H and O–H groups in total. The number of hydrogen-bond acceptors (Lipinski definition) is 4. The number of carbonyl (C=O) groups is 1. The molecule has 0 saturated carbocycles. The molecule has 5 heteroatoms. The van der Waals surface area contributed by atoms with Crippen LogP contribution in [0.15, 0.2) is 29.4 Å². The van der Waals surface area contributed by atoms with Gasteiger partial charge in [-0.1, -0.05) is 18.5 Å². The molecule has 0 amide bonds. The Morgan fingerprint density at radius 2 is 2.12 bits per heavy atom. The lowest BCUT2D eigenvalue weighted by atomic mass is 10.2. The molecule has 82 valence electrons. The lowest BCUT2D eigenvalue weighted by Gasteiger charge is -2.00. The van der Waals surface area contributed by atoms with Crippen molar-refractivity contribution in [2.45, 2.75) is 13.3 Å². The molecule has 4 nitrogen and oxygen atoms in total. The average Bonchev–Trinajstić information content (AvgIpc) is 2.31. The lowest BCUT2D eigenvalue weighted by molar-refractivity contribution is -0.112. The topological polar surface area (TPSA) is 65.2 Å². The van der Waals surface area contributed by atoms with Crippen molar-refractivity contribution in [1.29, 1.82) is 5.26 Å². The van der Waals surface area contributed by atoms with Crippen molar-refractivity contribution in [3.05, 3.63) is 29.3 Å². The highest BCUT2D eigenvalue weighted by Gasteiger charge is 2.07. The van der Waals surface area contributed by atoms with Crippen LogP contribution in [0.25, 0.3) is 0 Å². The molecule has 0 bridgehead atoms. The second-order valence-corrected chi connectivity index (χ2v) is 3.40. The van der Waals surface area contributed by atoms with E-state index in [4.69, 9.17) is 16.9 Å². The predicted molar refractivity (Wildman–Crippen MR) is 63.4 cm³/mol.